The zero-order valence-corrected chi connectivity index (χ0v) is 22.2. The fraction of sp³-hybridized carbons (Fsp3) is 0.375. The van der Waals surface area contributed by atoms with Gasteiger partial charge >= 0.3 is 0 Å². The lowest BCUT2D eigenvalue weighted by Gasteiger charge is -2.21. The summed E-state index contributed by atoms with van der Waals surface area (Å²) in [6, 6.07) is 13.3. The molecule has 2 aromatic carbocycles. The van der Waals surface area contributed by atoms with Crippen molar-refractivity contribution in [1.29, 1.82) is 0 Å². The summed E-state index contributed by atoms with van der Waals surface area (Å²) < 4.78 is 31.5. The molecule has 0 atom stereocenters. The molecule has 1 aromatic heterocycles. The molecular weight excluding hydrogens is 545 g/mol. The summed E-state index contributed by atoms with van der Waals surface area (Å²) >= 11 is 16.2. The van der Waals surface area contributed by atoms with Crippen molar-refractivity contribution in [2.24, 2.45) is 0 Å². The highest BCUT2D eigenvalue weighted by Gasteiger charge is 2.28. The summed E-state index contributed by atoms with van der Waals surface area (Å²) in [5.74, 6) is 0. The maximum absolute atomic E-state index is 12.9. The van der Waals surface area contributed by atoms with E-state index >= 15 is 0 Å². The predicted molar refractivity (Wildman–Crippen MR) is 139 cm³/mol. The second-order valence-electron chi connectivity index (χ2n) is 8.27. The van der Waals surface area contributed by atoms with E-state index in [2.05, 4.69) is 20.7 Å². The van der Waals surface area contributed by atoms with Crippen LogP contribution in [0.3, 0.4) is 0 Å². The van der Waals surface area contributed by atoms with Gasteiger partial charge in [-0.25, -0.2) is 17.8 Å². The first kappa shape index (κ1) is 24.7. The minimum atomic E-state index is -3.41. The molecule has 0 radical (unpaired) electrons. The number of sulfonamides is 1. The van der Waals surface area contributed by atoms with Crippen molar-refractivity contribution in [2.45, 2.75) is 57.2 Å². The second-order valence-corrected chi connectivity index (χ2v) is 12.1. The van der Waals surface area contributed by atoms with Gasteiger partial charge in [0.25, 0.3) is 0 Å². The molecule has 0 spiro atoms. The van der Waals surface area contributed by atoms with Crippen LogP contribution in [0.15, 0.2) is 46.9 Å². The van der Waals surface area contributed by atoms with E-state index in [1.54, 1.807) is 16.8 Å². The van der Waals surface area contributed by atoms with E-state index < -0.39 is 10.0 Å². The molecule has 0 saturated heterocycles. The molecule has 4 rings (SSSR count). The van der Waals surface area contributed by atoms with Crippen molar-refractivity contribution in [3.8, 4) is 16.9 Å². The van der Waals surface area contributed by atoms with Crippen LogP contribution in [0.2, 0.25) is 10.0 Å². The average Bonchev–Trinajstić information content (AvgIpc) is 3.17. The molecule has 5 nitrogen and oxygen atoms in total. The van der Waals surface area contributed by atoms with Gasteiger partial charge < -0.3 is 0 Å². The third kappa shape index (κ3) is 5.49. The summed E-state index contributed by atoms with van der Waals surface area (Å²) in [6.07, 6.45) is 5.15. The zero-order chi connectivity index (χ0) is 23.6. The lowest BCUT2D eigenvalue weighted by Crippen LogP contribution is -2.35. The second kappa shape index (κ2) is 10.5. The van der Waals surface area contributed by atoms with Crippen LogP contribution in [0.1, 0.15) is 50.3 Å². The first-order valence-corrected chi connectivity index (χ1v) is 14.2. The number of halogens is 3. The highest BCUT2D eigenvalue weighted by atomic mass is 79.9. The first-order chi connectivity index (χ1) is 15.8. The van der Waals surface area contributed by atoms with Crippen molar-refractivity contribution < 1.29 is 8.42 Å². The molecule has 1 saturated carbocycles. The number of hydrogen-bond acceptors (Lipinski definition) is 3. The minimum Gasteiger partial charge on any atom is -0.231 e. The molecule has 9 heteroatoms. The normalized spacial score (nSPS) is 15.2. The quantitative estimate of drug-likeness (QED) is 0.335. The summed E-state index contributed by atoms with van der Waals surface area (Å²) in [5.41, 5.74) is 4.22. The lowest BCUT2D eigenvalue weighted by molar-refractivity contribution is 0.477. The van der Waals surface area contributed by atoms with E-state index in [-0.39, 0.29) is 11.8 Å². The molecule has 1 aliphatic rings. The van der Waals surface area contributed by atoms with E-state index in [1.165, 1.54) is 0 Å². The van der Waals surface area contributed by atoms with Crippen molar-refractivity contribution in [3.63, 3.8) is 0 Å². The molecule has 33 heavy (non-hydrogen) atoms. The van der Waals surface area contributed by atoms with Crippen LogP contribution in [-0.4, -0.2) is 23.4 Å². The van der Waals surface area contributed by atoms with E-state index in [4.69, 9.17) is 28.3 Å². The van der Waals surface area contributed by atoms with E-state index in [0.29, 0.717) is 27.8 Å². The van der Waals surface area contributed by atoms with E-state index in [9.17, 15) is 8.42 Å². The van der Waals surface area contributed by atoms with Crippen LogP contribution in [-0.2, 0) is 23.0 Å². The third-order valence-electron chi connectivity index (χ3n) is 6.11. The Balaban J connectivity index is 1.77. The van der Waals surface area contributed by atoms with Crippen LogP contribution >= 0.6 is 39.1 Å². The van der Waals surface area contributed by atoms with Gasteiger partial charge in [-0.05, 0) is 49.6 Å². The molecule has 0 amide bonds. The highest BCUT2D eigenvalue weighted by molar-refractivity contribution is 9.10. The van der Waals surface area contributed by atoms with Gasteiger partial charge in [0.2, 0.25) is 10.0 Å². The highest BCUT2D eigenvalue weighted by Crippen LogP contribution is 2.34. The predicted octanol–water partition coefficient (Wildman–Crippen LogP) is 6.92. The molecule has 0 bridgehead atoms. The number of hydrogen-bond donors (Lipinski definition) is 1. The van der Waals surface area contributed by atoms with Crippen LogP contribution in [0.25, 0.3) is 16.9 Å². The fourth-order valence-corrected chi connectivity index (χ4v) is 6.68. The Labute approximate surface area is 213 Å². The van der Waals surface area contributed by atoms with Gasteiger partial charge in [-0.15, -0.1) is 0 Å². The number of aromatic nitrogens is 2. The van der Waals surface area contributed by atoms with Crippen molar-refractivity contribution in [1.82, 2.24) is 14.5 Å². The SMILES string of the molecule is CCc1c(CNS(=O)(=O)C2CCCCC2)nn(-c2ccc(Cl)cc2Cl)c1-c1ccc(Br)cc1. The molecule has 1 aliphatic carbocycles. The van der Waals surface area contributed by atoms with Crippen LogP contribution < -0.4 is 4.72 Å². The standard InChI is InChI=1S/C24H26BrCl2N3O2S/c1-2-20-22(15-28-33(31,32)19-6-4-3-5-7-19)29-30(23-13-12-18(26)14-21(23)27)24(20)16-8-10-17(25)11-9-16/h8-14,19,28H,2-7,15H2,1H3. The average molecular weight is 571 g/mol. The molecule has 3 aromatic rings. The smallest absolute Gasteiger partial charge is 0.214 e. The van der Waals surface area contributed by atoms with Crippen LogP contribution in [0.5, 0.6) is 0 Å². The molecule has 176 valence electrons. The molecule has 1 N–H and O–H groups in total. The summed E-state index contributed by atoms with van der Waals surface area (Å²) in [7, 11) is -3.41. The Kier molecular flexibility index (Phi) is 7.86. The molecule has 1 fully saturated rings. The van der Waals surface area contributed by atoms with Gasteiger partial charge in [0.1, 0.15) is 0 Å². The maximum Gasteiger partial charge on any atom is 0.214 e. The third-order valence-corrected chi connectivity index (χ3v) is 9.07. The van der Waals surface area contributed by atoms with Crippen molar-refractivity contribution in [2.75, 3.05) is 0 Å². The molecule has 0 unspecified atom stereocenters. The Morgan fingerprint density at radius 1 is 1.09 bits per heavy atom. The monoisotopic (exact) mass is 569 g/mol. The van der Waals surface area contributed by atoms with Crippen molar-refractivity contribution in [3.05, 3.63) is 68.2 Å². The number of rotatable bonds is 7. The van der Waals surface area contributed by atoms with Gasteiger partial charge in [-0.3, -0.25) is 0 Å². The Bertz CT molecular complexity index is 1240. The van der Waals surface area contributed by atoms with Gasteiger partial charge in [0, 0.05) is 20.6 Å². The molecular formula is C24H26BrCl2N3O2S. The summed E-state index contributed by atoms with van der Waals surface area (Å²) in [6.45, 7) is 2.19. The fourth-order valence-electron chi connectivity index (χ4n) is 4.40. The minimum absolute atomic E-state index is 0.143. The van der Waals surface area contributed by atoms with Crippen LogP contribution in [0, 0.1) is 0 Å². The number of nitrogens with zero attached hydrogens (tertiary/aromatic N) is 2. The van der Waals surface area contributed by atoms with Gasteiger partial charge in [0.15, 0.2) is 0 Å². The Morgan fingerprint density at radius 2 is 1.79 bits per heavy atom. The topological polar surface area (TPSA) is 64.0 Å². The largest absolute Gasteiger partial charge is 0.231 e. The zero-order valence-electron chi connectivity index (χ0n) is 18.3. The van der Waals surface area contributed by atoms with Crippen LogP contribution in [0.4, 0.5) is 0 Å². The van der Waals surface area contributed by atoms with Gasteiger partial charge in [-0.2, -0.15) is 5.10 Å². The van der Waals surface area contributed by atoms with Crippen molar-refractivity contribution >= 4 is 49.2 Å². The lowest BCUT2D eigenvalue weighted by atomic mass is 10.0. The Morgan fingerprint density at radius 3 is 2.42 bits per heavy atom. The van der Waals surface area contributed by atoms with Gasteiger partial charge in [0.05, 0.1) is 33.9 Å². The summed E-state index contributed by atoms with van der Waals surface area (Å²) in [4.78, 5) is 0. The summed E-state index contributed by atoms with van der Waals surface area (Å²) in [5, 5.41) is 5.53. The number of nitrogens with one attached hydrogen (secondary N) is 1. The molecule has 0 aliphatic heterocycles. The maximum atomic E-state index is 12.9. The van der Waals surface area contributed by atoms with E-state index in [0.717, 1.165) is 53.4 Å². The Hall–Kier alpha value is -1.38. The van der Waals surface area contributed by atoms with Gasteiger partial charge in [-0.1, -0.05) is 77.5 Å². The first-order valence-electron chi connectivity index (χ1n) is 11.1. The number of benzene rings is 2. The molecule has 1 heterocycles. The van der Waals surface area contributed by atoms with E-state index in [1.807, 2.05) is 37.3 Å².